The van der Waals surface area contributed by atoms with Gasteiger partial charge in [0.15, 0.2) is 0 Å². The van der Waals surface area contributed by atoms with Crippen molar-refractivity contribution in [2.75, 3.05) is 26.7 Å². The zero-order chi connectivity index (χ0) is 27.2. The van der Waals surface area contributed by atoms with Crippen LogP contribution < -0.4 is 5.32 Å². The van der Waals surface area contributed by atoms with Crippen LogP contribution in [-0.4, -0.2) is 53.5 Å². The maximum Gasteiger partial charge on any atom is 0.337 e. The molecule has 1 aromatic heterocycles. The van der Waals surface area contributed by atoms with Crippen molar-refractivity contribution in [3.63, 3.8) is 0 Å². The Morgan fingerprint density at radius 3 is 2.35 bits per heavy atom. The van der Waals surface area contributed by atoms with Crippen LogP contribution in [0.5, 0.6) is 0 Å². The van der Waals surface area contributed by atoms with E-state index in [9.17, 15) is 19.7 Å². The molecular formula is C28H34Cl2N4O6. The van der Waals surface area contributed by atoms with Crippen LogP contribution >= 0.6 is 24.8 Å². The molecule has 2 aliphatic rings. The molecule has 0 aliphatic carbocycles. The second kappa shape index (κ2) is 14.8. The van der Waals surface area contributed by atoms with Crippen molar-refractivity contribution in [3.8, 4) is 0 Å². The fraction of sp³-hybridized carbons (Fsp3) is 0.393. The van der Waals surface area contributed by atoms with E-state index in [1.165, 1.54) is 31.7 Å². The van der Waals surface area contributed by atoms with Gasteiger partial charge in [-0.25, -0.2) is 9.59 Å². The summed E-state index contributed by atoms with van der Waals surface area (Å²) in [5, 5.41) is 14.6. The number of aromatic nitrogens is 1. The van der Waals surface area contributed by atoms with Crippen LogP contribution in [0.1, 0.15) is 56.3 Å². The molecule has 40 heavy (non-hydrogen) atoms. The highest BCUT2D eigenvalue weighted by Gasteiger charge is 2.39. The molecule has 0 spiro atoms. The fourth-order valence-corrected chi connectivity index (χ4v) is 5.14. The number of nitro groups is 1. The van der Waals surface area contributed by atoms with Crippen LogP contribution in [0.25, 0.3) is 0 Å². The van der Waals surface area contributed by atoms with Crippen molar-refractivity contribution in [2.45, 2.75) is 45.1 Å². The molecule has 4 rings (SSSR count). The first-order valence-electron chi connectivity index (χ1n) is 12.6. The molecule has 2 unspecified atom stereocenters. The summed E-state index contributed by atoms with van der Waals surface area (Å²) in [5.41, 5.74) is 2.43. The molecule has 0 saturated carbocycles. The minimum atomic E-state index is -0.916. The minimum absolute atomic E-state index is 0. The molecule has 216 valence electrons. The van der Waals surface area contributed by atoms with Gasteiger partial charge in [-0.05, 0) is 51.4 Å². The van der Waals surface area contributed by atoms with E-state index < -0.39 is 28.9 Å². The Bertz CT molecular complexity index is 1280. The Morgan fingerprint density at radius 1 is 1.07 bits per heavy atom. The number of likely N-dealkylation sites (tertiary alicyclic amines) is 1. The monoisotopic (exact) mass is 592 g/mol. The maximum absolute atomic E-state index is 13.9. The van der Waals surface area contributed by atoms with Gasteiger partial charge in [-0.2, -0.15) is 0 Å². The molecule has 1 aromatic carbocycles. The summed E-state index contributed by atoms with van der Waals surface area (Å²) in [4.78, 5) is 44.3. The van der Waals surface area contributed by atoms with Crippen LogP contribution in [-0.2, 0) is 19.1 Å². The molecular weight excluding hydrogens is 559 g/mol. The third-order valence-electron chi connectivity index (χ3n) is 6.98. The van der Waals surface area contributed by atoms with E-state index in [0.29, 0.717) is 23.5 Å². The number of hydrogen-bond acceptors (Lipinski definition) is 9. The third kappa shape index (κ3) is 7.38. The first kappa shape index (κ1) is 32.7. The first-order valence-corrected chi connectivity index (χ1v) is 12.6. The lowest BCUT2D eigenvalue weighted by molar-refractivity contribution is -0.384. The second-order valence-electron chi connectivity index (χ2n) is 9.52. The van der Waals surface area contributed by atoms with E-state index >= 15 is 0 Å². The Balaban J connectivity index is 0.00000280. The lowest BCUT2D eigenvalue weighted by Gasteiger charge is -2.33. The number of halogens is 2. The van der Waals surface area contributed by atoms with E-state index in [1.807, 2.05) is 6.07 Å². The molecule has 3 heterocycles. The summed E-state index contributed by atoms with van der Waals surface area (Å²) >= 11 is 0. The number of allylic oxidation sites excluding steroid dienone is 2. The summed E-state index contributed by atoms with van der Waals surface area (Å²) in [7, 11) is 1.26. The minimum Gasteiger partial charge on any atom is -0.466 e. The SMILES string of the molecule is COC(=O)C1=C(C)NC(C)=C(C(=O)OC(CN2CCCCC2)c2cccnc2)C1c1cccc([N+](=O)[O-])c1.Cl.Cl. The van der Waals surface area contributed by atoms with Crippen LogP contribution in [0.4, 0.5) is 5.69 Å². The highest BCUT2D eigenvalue weighted by Crippen LogP contribution is 2.40. The van der Waals surface area contributed by atoms with E-state index in [1.54, 1.807) is 38.4 Å². The number of esters is 2. The lowest BCUT2D eigenvalue weighted by atomic mass is 9.80. The van der Waals surface area contributed by atoms with Crippen molar-refractivity contribution in [3.05, 3.63) is 92.6 Å². The summed E-state index contributed by atoms with van der Waals surface area (Å²) in [5.74, 6) is -2.17. The van der Waals surface area contributed by atoms with Crippen LogP contribution in [0.3, 0.4) is 0 Å². The fourth-order valence-electron chi connectivity index (χ4n) is 5.14. The number of ether oxygens (including phenoxy) is 2. The number of pyridine rings is 1. The first-order chi connectivity index (χ1) is 18.3. The molecule has 1 N–H and O–H groups in total. The van der Waals surface area contributed by atoms with Crippen LogP contribution in [0, 0.1) is 10.1 Å². The largest absolute Gasteiger partial charge is 0.466 e. The molecule has 1 saturated heterocycles. The van der Waals surface area contributed by atoms with Gasteiger partial charge in [0, 0.05) is 48.0 Å². The number of carbonyl (C=O) groups is 2. The molecule has 2 atom stereocenters. The number of dihydropyridines is 1. The molecule has 0 amide bonds. The Labute approximate surface area is 245 Å². The van der Waals surface area contributed by atoms with Gasteiger partial charge in [-0.3, -0.25) is 20.0 Å². The number of benzene rings is 1. The quantitative estimate of drug-likeness (QED) is 0.256. The average molecular weight is 594 g/mol. The number of nitro benzene ring substituents is 1. The molecule has 12 heteroatoms. The molecule has 1 fully saturated rings. The molecule has 2 aliphatic heterocycles. The molecule has 0 radical (unpaired) electrons. The topological polar surface area (TPSA) is 124 Å². The smallest absolute Gasteiger partial charge is 0.337 e. The Kier molecular flexibility index (Phi) is 12.1. The van der Waals surface area contributed by atoms with Gasteiger partial charge < -0.3 is 14.8 Å². The summed E-state index contributed by atoms with van der Waals surface area (Å²) in [6.45, 7) is 5.78. The van der Waals surface area contributed by atoms with Crippen LogP contribution in [0.15, 0.2) is 71.3 Å². The molecule has 2 aromatic rings. The highest BCUT2D eigenvalue weighted by molar-refractivity contribution is 6.00. The van der Waals surface area contributed by atoms with Crippen LogP contribution in [0.2, 0.25) is 0 Å². The van der Waals surface area contributed by atoms with Crippen molar-refractivity contribution in [2.24, 2.45) is 0 Å². The van der Waals surface area contributed by atoms with Crippen molar-refractivity contribution < 1.29 is 24.0 Å². The molecule has 10 nitrogen and oxygen atoms in total. The molecule has 0 bridgehead atoms. The number of piperidine rings is 1. The van der Waals surface area contributed by atoms with Crippen molar-refractivity contribution in [1.29, 1.82) is 0 Å². The number of nitrogens with one attached hydrogen (secondary N) is 1. The van der Waals surface area contributed by atoms with E-state index in [2.05, 4.69) is 15.2 Å². The zero-order valence-corrected chi connectivity index (χ0v) is 24.3. The Morgan fingerprint density at radius 2 is 1.75 bits per heavy atom. The number of hydrogen-bond donors (Lipinski definition) is 1. The van der Waals surface area contributed by atoms with Gasteiger partial charge in [0.25, 0.3) is 5.69 Å². The summed E-state index contributed by atoms with van der Waals surface area (Å²) < 4.78 is 11.2. The maximum atomic E-state index is 13.9. The van der Waals surface area contributed by atoms with Gasteiger partial charge >= 0.3 is 11.9 Å². The lowest BCUT2D eigenvalue weighted by Crippen LogP contribution is -2.36. The Hall–Kier alpha value is -3.47. The summed E-state index contributed by atoms with van der Waals surface area (Å²) in [6, 6.07) is 9.60. The van der Waals surface area contributed by atoms with Crippen molar-refractivity contribution >= 4 is 42.4 Å². The van der Waals surface area contributed by atoms with E-state index in [-0.39, 0.29) is 41.6 Å². The van der Waals surface area contributed by atoms with Gasteiger partial charge in [-0.15, -0.1) is 24.8 Å². The normalized spacial score (nSPS) is 18.0. The number of nitrogens with zero attached hydrogens (tertiary/aromatic N) is 3. The predicted molar refractivity (Wildman–Crippen MR) is 154 cm³/mol. The van der Waals surface area contributed by atoms with Gasteiger partial charge in [0.1, 0.15) is 6.10 Å². The van der Waals surface area contributed by atoms with Crippen molar-refractivity contribution in [1.82, 2.24) is 15.2 Å². The standard InChI is InChI=1S/C28H32N4O6.2ClH/c1-18-24(27(33)37-3)26(20-9-7-11-22(15-20)32(35)36)25(19(2)30-18)28(34)38-23(21-10-8-12-29-16-21)17-31-13-5-4-6-14-31;;/h7-12,15-16,23,26,30H,4-6,13-14,17H2,1-3H3;2*1H. The number of carbonyl (C=O) groups excluding carboxylic acids is 2. The van der Waals surface area contributed by atoms with Gasteiger partial charge in [0.2, 0.25) is 0 Å². The number of rotatable bonds is 8. The third-order valence-corrected chi connectivity index (χ3v) is 6.98. The van der Waals surface area contributed by atoms with E-state index in [4.69, 9.17) is 9.47 Å². The second-order valence-corrected chi connectivity index (χ2v) is 9.52. The summed E-state index contributed by atoms with van der Waals surface area (Å²) in [6.07, 6.45) is 6.11. The van der Waals surface area contributed by atoms with Gasteiger partial charge in [0.05, 0.1) is 29.1 Å². The number of methoxy groups -OCH3 is 1. The predicted octanol–water partition coefficient (Wildman–Crippen LogP) is 5.01. The van der Waals surface area contributed by atoms with Gasteiger partial charge in [-0.1, -0.05) is 24.6 Å². The number of non-ortho nitro benzene ring substituents is 1. The zero-order valence-electron chi connectivity index (χ0n) is 22.6. The van der Waals surface area contributed by atoms with E-state index in [0.717, 1.165) is 31.5 Å². The highest BCUT2D eigenvalue weighted by atomic mass is 35.5. The average Bonchev–Trinajstić information content (AvgIpc) is 2.93.